The van der Waals surface area contributed by atoms with E-state index in [2.05, 4.69) is 4.72 Å². The monoisotopic (exact) mass is 307 g/mol. The molecule has 0 saturated heterocycles. The van der Waals surface area contributed by atoms with Gasteiger partial charge in [-0.1, -0.05) is 36.4 Å². The molecule has 0 aliphatic carbocycles. The number of hydrogen-bond acceptors (Lipinski definition) is 3. The number of benzene rings is 2. The van der Waals surface area contributed by atoms with Crippen LogP contribution in [0.2, 0.25) is 0 Å². The standard InChI is InChI=1S/C15H14FNO3S/c1-11-5-2-3-8-14(11)15(18)12-6-4-7-13(9-12)17-21(19,20)10-16/h2-9,17H,10H2,1H3. The van der Waals surface area contributed by atoms with Crippen molar-refractivity contribution in [2.24, 2.45) is 0 Å². The molecule has 4 nitrogen and oxygen atoms in total. The lowest BCUT2D eigenvalue weighted by atomic mass is 9.99. The van der Waals surface area contributed by atoms with Gasteiger partial charge in [-0.3, -0.25) is 9.52 Å². The number of hydrogen-bond donors (Lipinski definition) is 1. The Labute approximate surface area is 122 Å². The van der Waals surface area contributed by atoms with Gasteiger partial charge in [-0.05, 0) is 24.6 Å². The molecule has 0 amide bonds. The second kappa shape index (κ2) is 6.05. The van der Waals surface area contributed by atoms with Crippen LogP contribution in [0.3, 0.4) is 0 Å². The zero-order valence-corrected chi connectivity index (χ0v) is 12.2. The van der Waals surface area contributed by atoms with Crippen molar-refractivity contribution >= 4 is 21.5 Å². The first-order valence-electron chi connectivity index (χ1n) is 6.20. The number of halogens is 1. The smallest absolute Gasteiger partial charge is 0.262 e. The summed E-state index contributed by atoms with van der Waals surface area (Å²) in [5.74, 6) is -0.214. The molecule has 21 heavy (non-hydrogen) atoms. The van der Waals surface area contributed by atoms with Gasteiger partial charge in [-0.25, -0.2) is 12.8 Å². The van der Waals surface area contributed by atoms with Gasteiger partial charge in [0.1, 0.15) is 0 Å². The van der Waals surface area contributed by atoms with Crippen LogP contribution in [0, 0.1) is 6.92 Å². The largest absolute Gasteiger partial charge is 0.289 e. The molecular weight excluding hydrogens is 293 g/mol. The van der Waals surface area contributed by atoms with Crippen LogP contribution in [0.1, 0.15) is 21.5 Å². The average Bonchev–Trinajstić information content (AvgIpc) is 2.47. The molecule has 2 aromatic rings. The van der Waals surface area contributed by atoms with Crippen molar-refractivity contribution in [1.82, 2.24) is 0 Å². The van der Waals surface area contributed by atoms with E-state index in [4.69, 9.17) is 0 Å². The lowest BCUT2D eigenvalue weighted by molar-refractivity contribution is 0.103. The number of rotatable bonds is 5. The molecule has 6 heteroatoms. The topological polar surface area (TPSA) is 63.2 Å². The molecule has 0 aliphatic heterocycles. The van der Waals surface area contributed by atoms with Crippen LogP contribution in [0.25, 0.3) is 0 Å². The van der Waals surface area contributed by atoms with Crippen LogP contribution in [-0.4, -0.2) is 20.2 Å². The highest BCUT2D eigenvalue weighted by atomic mass is 32.2. The predicted molar refractivity (Wildman–Crippen MR) is 79.6 cm³/mol. The summed E-state index contributed by atoms with van der Waals surface area (Å²) in [5, 5.41) is 0. The first kappa shape index (κ1) is 15.2. The summed E-state index contributed by atoms with van der Waals surface area (Å²) in [6.45, 7) is 1.82. The molecule has 0 radical (unpaired) electrons. The van der Waals surface area contributed by atoms with Crippen molar-refractivity contribution in [2.45, 2.75) is 6.92 Å². The van der Waals surface area contributed by atoms with E-state index >= 15 is 0 Å². The molecule has 2 aromatic carbocycles. The number of alkyl halides is 1. The maximum Gasteiger partial charge on any atom is 0.262 e. The van der Waals surface area contributed by atoms with E-state index in [0.717, 1.165) is 5.56 Å². The van der Waals surface area contributed by atoms with Gasteiger partial charge in [0, 0.05) is 16.8 Å². The Hall–Kier alpha value is -2.21. The summed E-state index contributed by atoms with van der Waals surface area (Å²) < 4.78 is 36.8. The number of aryl methyl sites for hydroxylation is 1. The summed E-state index contributed by atoms with van der Waals surface area (Å²) in [5.41, 5.74) is 1.87. The first-order valence-corrected chi connectivity index (χ1v) is 7.85. The highest BCUT2D eigenvalue weighted by Crippen LogP contribution is 2.18. The Balaban J connectivity index is 2.34. The van der Waals surface area contributed by atoms with E-state index in [0.29, 0.717) is 11.1 Å². The Bertz CT molecular complexity index is 772. The van der Waals surface area contributed by atoms with Crippen LogP contribution in [-0.2, 0) is 10.0 Å². The van der Waals surface area contributed by atoms with E-state index < -0.39 is 16.0 Å². The minimum absolute atomic E-state index is 0.159. The zero-order valence-electron chi connectivity index (χ0n) is 11.3. The van der Waals surface area contributed by atoms with Gasteiger partial charge >= 0.3 is 0 Å². The van der Waals surface area contributed by atoms with Crippen molar-refractivity contribution in [1.29, 1.82) is 0 Å². The minimum Gasteiger partial charge on any atom is -0.289 e. The fraction of sp³-hybridized carbons (Fsp3) is 0.133. The fourth-order valence-electron chi connectivity index (χ4n) is 1.91. The molecule has 0 aromatic heterocycles. The van der Waals surface area contributed by atoms with E-state index in [9.17, 15) is 17.6 Å². The Kier molecular flexibility index (Phi) is 4.37. The highest BCUT2D eigenvalue weighted by molar-refractivity contribution is 7.92. The van der Waals surface area contributed by atoms with Crippen LogP contribution in [0.4, 0.5) is 10.1 Å². The van der Waals surface area contributed by atoms with E-state index in [1.807, 2.05) is 19.1 Å². The SMILES string of the molecule is Cc1ccccc1C(=O)c1cccc(NS(=O)(=O)CF)c1. The Morgan fingerprint density at radius 1 is 1.14 bits per heavy atom. The molecule has 1 N–H and O–H groups in total. The molecule has 110 valence electrons. The lowest BCUT2D eigenvalue weighted by Gasteiger charge is -2.08. The van der Waals surface area contributed by atoms with Gasteiger partial charge in [0.2, 0.25) is 6.01 Å². The lowest BCUT2D eigenvalue weighted by Crippen LogP contribution is -2.14. The molecule has 0 heterocycles. The van der Waals surface area contributed by atoms with Crippen molar-refractivity contribution in [2.75, 3.05) is 10.7 Å². The number of carbonyl (C=O) groups is 1. The first-order chi connectivity index (χ1) is 9.93. The van der Waals surface area contributed by atoms with Crippen molar-refractivity contribution in [3.63, 3.8) is 0 Å². The van der Waals surface area contributed by atoms with Crippen LogP contribution in [0.5, 0.6) is 0 Å². The van der Waals surface area contributed by atoms with E-state index in [1.54, 1.807) is 24.3 Å². The highest BCUT2D eigenvalue weighted by Gasteiger charge is 2.14. The molecule has 0 bridgehead atoms. The Morgan fingerprint density at radius 2 is 1.86 bits per heavy atom. The van der Waals surface area contributed by atoms with Gasteiger partial charge in [0.25, 0.3) is 10.0 Å². The number of carbonyl (C=O) groups excluding carboxylic acids is 1. The summed E-state index contributed by atoms with van der Waals surface area (Å²) >= 11 is 0. The molecule has 0 atom stereocenters. The maximum atomic E-state index is 12.4. The van der Waals surface area contributed by atoms with Crippen LogP contribution < -0.4 is 4.72 Å². The third-order valence-electron chi connectivity index (χ3n) is 2.93. The number of anilines is 1. The summed E-state index contributed by atoms with van der Waals surface area (Å²) in [4.78, 5) is 12.4. The summed E-state index contributed by atoms with van der Waals surface area (Å²) in [6.07, 6.45) is 0. The number of sulfonamides is 1. The maximum absolute atomic E-state index is 12.4. The van der Waals surface area contributed by atoms with Crippen LogP contribution in [0.15, 0.2) is 48.5 Å². The zero-order chi connectivity index (χ0) is 15.5. The predicted octanol–water partition coefficient (Wildman–Crippen LogP) is 2.89. The minimum atomic E-state index is -4.02. The summed E-state index contributed by atoms with van der Waals surface area (Å²) in [6, 6.07) is 11.6. The average molecular weight is 307 g/mol. The van der Waals surface area contributed by atoms with Crippen LogP contribution >= 0.6 is 0 Å². The van der Waals surface area contributed by atoms with E-state index in [-0.39, 0.29) is 11.5 Å². The number of nitrogens with one attached hydrogen (secondary N) is 1. The molecule has 0 aliphatic rings. The molecule has 0 fully saturated rings. The third-order valence-corrected chi connectivity index (χ3v) is 3.77. The van der Waals surface area contributed by atoms with E-state index in [1.165, 1.54) is 12.1 Å². The molecular formula is C15H14FNO3S. The van der Waals surface area contributed by atoms with Gasteiger partial charge in [0.15, 0.2) is 5.78 Å². The molecule has 2 rings (SSSR count). The van der Waals surface area contributed by atoms with Crippen molar-refractivity contribution < 1.29 is 17.6 Å². The van der Waals surface area contributed by atoms with Crippen molar-refractivity contribution in [3.05, 3.63) is 65.2 Å². The van der Waals surface area contributed by atoms with Crippen molar-refractivity contribution in [3.8, 4) is 0 Å². The second-order valence-corrected chi connectivity index (χ2v) is 6.20. The second-order valence-electron chi connectivity index (χ2n) is 4.55. The van der Waals surface area contributed by atoms with Gasteiger partial charge in [-0.2, -0.15) is 0 Å². The summed E-state index contributed by atoms with van der Waals surface area (Å²) in [7, 11) is -4.02. The molecule has 0 spiro atoms. The van der Waals surface area contributed by atoms with Gasteiger partial charge in [-0.15, -0.1) is 0 Å². The fourth-order valence-corrected chi connectivity index (χ4v) is 2.45. The third kappa shape index (κ3) is 3.66. The van der Waals surface area contributed by atoms with Gasteiger partial charge < -0.3 is 0 Å². The molecule has 0 saturated carbocycles. The number of ketones is 1. The Morgan fingerprint density at radius 3 is 2.52 bits per heavy atom. The van der Waals surface area contributed by atoms with Gasteiger partial charge in [0.05, 0.1) is 0 Å². The quantitative estimate of drug-likeness (QED) is 0.864. The normalized spacial score (nSPS) is 11.1. The molecule has 0 unspecified atom stereocenters.